The van der Waals surface area contributed by atoms with Crippen molar-refractivity contribution >= 4 is 21.7 Å². The van der Waals surface area contributed by atoms with Gasteiger partial charge < -0.3 is 5.32 Å². The fraction of sp³-hybridized carbons (Fsp3) is 0.438. The second-order valence-corrected chi connectivity index (χ2v) is 6.20. The molecule has 110 valence electrons. The molecule has 2 aromatic heterocycles. The molecule has 0 atom stereocenters. The number of pyridine rings is 1. The van der Waals surface area contributed by atoms with E-state index in [1.54, 1.807) is 6.20 Å². The van der Waals surface area contributed by atoms with Crippen molar-refractivity contribution in [3.8, 4) is 11.5 Å². The van der Waals surface area contributed by atoms with Crippen LogP contribution in [0.5, 0.6) is 0 Å². The number of anilines is 1. The Morgan fingerprint density at radius 1 is 1.29 bits per heavy atom. The topological polar surface area (TPSA) is 50.7 Å². The van der Waals surface area contributed by atoms with Gasteiger partial charge in [0.1, 0.15) is 11.5 Å². The van der Waals surface area contributed by atoms with Crippen LogP contribution in [0.15, 0.2) is 28.9 Å². The Bertz CT molecular complexity index is 623. The molecular weight excluding hydrogens is 328 g/mol. The molecule has 0 aromatic carbocycles. The van der Waals surface area contributed by atoms with E-state index in [2.05, 4.69) is 44.2 Å². The minimum absolute atomic E-state index is 0.562. The lowest BCUT2D eigenvalue weighted by atomic mass is 10.0. The summed E-state index contributed by atoms with van der Waals surface area (Å²) in [7, 11) is 0. The lowest BCUT2D eigenvalue weighted by molar-refractivity contribution is 0.695. The summed E-state index contributed by atoms with van der Waals surface area (Å²) in [4.78, 5) is 13.8. The van der Waals surface area contributed by atoms with Crippen molar-refractivity contribution in [2.24, 2.45) is 0 Å². The fourth-order valence-electron chi connectivity index (χ4n) is 2.82. The van der Waals surface area contributed by atoms with Crippen molar-refractivity contribution in [3.05, 3.63) is 34.6 Å². The molecule has 0 spiro atoms. The first-order chi connectivity index (χ1) is 10.3. The summed E-state index contributed by atoms with van der Waals surface area (Å²) in [5.41, 5.74) is 1.95. The third kappa shape index (κ3) is 3.23. The zero-order valence-electron chi connectivity index (χ0n) is 12.1. The van der Waals surface area contributed by atoms with Crippen LogP contribution in [0.3, 0.4) is 0 Å². The Kier molecular flexibility index (Phi) is 4.48. The maximum atomic E-state index is 4.79. The summed E-state index contributed by atoms with van der Waals surface area (Å²) >= 11 is 3.54. The molecule has 0 amide bonds. The zero-order valence-corrected chi connectivity index (χ0v) is 13.7. The average Bonchev–Trinajstić information content (AvgIpc) is 3.02. The first-order valence-corrected chi connectivity index (χ1v) is 8.31. The average molecular weight is 347 g/mol. The molecule has 1 aliphatic rings. The van der Waals surface area contributed by atoms with E-state index in [4.69, 9.17) is 4.98 Å². The van der Waals surface area contributed by atoms with Crippen LogP contribution in [0.25, 0.3) is 11.5 Å². The standard InChI is InChI=1S/C16H19BrN4/c1-2-18-14-10-13(11-6-3-4-7-11)20-16(21-14)15-12(17)8-5-9-19-15/h5,8-11H,2-4,6-7H2,1H3,(H,18,20,21). The SMILES string of the molecule is CCNc1cc(C2CCCC2)nc(-c2ncccc2Br)n1. The largest absolute Gasteiger partial charge is 0.370 e. The molecule has 2 heterocycles. The van der Waals surface area contributed by atoms with E-state index in [1.807, 2.05) is 12.1 Å². The van der Waals surface area contributed by atoms with E-state index in [9.17, 15) is 0 Å². The second-order valence-electron chi connectivity index (χ2n) is 5.35. The molecule has 1 N–H and O–H groups in total. The van der Waals surface area contributed by atoms with Crippen molar-refractivity contribution in [1.29, 1.82) is 0 Å². The molecule has 4 nitrogen and oxygen atoms in total. The number of hydrogen-bond acceptors (Lipinski definition) is 4. The van der Waals surface area contributed by atoms with Gasteiger partial charge in [0.15, 0.2) is 5.82 Å². The van der Waals surface area contributed by atoms with Crippen LogP contribution >= 0.6 is 15.9 Å². The molecular formula is C16H19BrN4. The van der Waals surface area contributed by atoms with Crippen molar-refractivity contribution in [2.45, 2.75) is 38.5 Å². The molecule has 1 saturated carbocycles. The maximum absolute atomic E-state index is 4.79. The molecule has 0 aliphatic heterocycles. The third-order valence-electron chi connectivity index (χ3n) is 3.85. The van der Waals surface area contributed by atoms with E-state index in [0.29, 0.717) is 11.7 Å². The number of rotatable bonds is 4. The minimum Gasteiger partial charge on any atom is -0.370 e. The lowest BCUT2D eigenvalue weighted by Crippen LogP contribution is -2.06. The van der Waals surface area contributed by atoms with Crippen molar-refractivity contribution in [1.82, 2.24) is 15.0 Å². The normalized spacial score (nSPS) is 15.3. The summed E-state index contributed by atoms with van der Waals surface area (Å²) < 4.78 is 0.927. The van der Waals surface area contributed by atoms with Crippen LogP contribution in [0.2, 0.25) is 0 Å². The highest BCUT2D eigenvalue weighted by Gasteiger charge is 2.21. The van der Waals surface area contributed by atoms with E-state index in [1.165, 1.54) is 25.7 Å². The van der Waals surface area contributed by atoms with Crippen LogP contribution in [0, 0.1) is 0 Å². The molecule has 1 aliphatic carbocycles. The van der Waals surface area contributed by atoms with E-state index in [0.717, 1.165) is 28.2 Å². The van der Waals surface area contributed by atoms with Gasteiger partial charge in [0.05, 0.1) is 0 Å². The molecule has 0 radical (unpaired) electrons. The lowest BCUT2D eigenvalue weighted by Gasteiger charge is -2.13. The van der Waals surface area contributed by atoms with Crippen LogP contribution in [0.4, 0.5) is 5.82 Å². The van der Waals surface area contributed by atoms with Crippen LogP contribution in [0.1, 0.15) is 44.2 Å². The number of aromatic nitrogens is 3. The van der Waals surface area contributed by atoms with E-state index in [-0.39, 0.29) is 0 Å². The van der Waals surface area contributed by atoms with Crippen LogP contribution in [-0.2, 0) is 0 Å². The van der Waals surface area contributed by atoms with Gasteiger partial charge in [-0.1, -0.05) is 12.8 Å². The Morgan fingerprint density at radius 2 is 2.10 bits per heavy atom. The highest BCUT2D eigenvalue weighted by Crippen LogP contribution is 2.35. The highest BCUT2D eigenvalue weighted by atomic mass is 79.9. The second kappa shape index (κ2) is 6.52. The quantitative estimate of drug-likeness (QED) is 0.891. The smallest absolute Gasteiger partial charge is 0.181 e. The maximum Gasteiger partial charge on any atom is 0.181 e. The van der Waals surface area contributed by atoms with Crippen molar-refractivity contribution < 1.29 is 0 Å². The van der Waals surface area contributed by atoms with E-state index < -0.39 is 0 Å². The predicted octanol–water partition coefficient (Wildman–Crippen LogP) is 4.39. The number of hydrogen-bond donors (Lipinski definition) is 1. The van der Waals surface area contributed by atoms with Gasteiger partial charge >= 0.3 is 0 Å². The Labute approximate surface area is 133 Å². The molecule has 21 heavy (non-hydrogen) atoms. The van der Waals surface area contributed by atoms with Gasteiger partial charge in [-0.25, -0.2) is 9.97 Å². The van der Waals surface area contributed by atoms with Gasteiger partial charge in [-0.05, 0) is 47.8 Å². The van der Waals surface area contributed by atoms with Gasteiger partial charge in [-0.2, -0.15) is 0 Å². The summed E-state index contributed by atoms with van der Waals surface area (Å²) in [5.74, 6) is 2.15. The summed E-state index contributed by atoms with van der Waals surface area (Å²) in [5, 5.41) is 3.31. The summed E-state index contributed by atoms with van der Waals surface area (Å²) in [6.45, 7) is 2.93. The first kappa shape index (κ1) is 14.4. The van der Waals surface area contributed by atoms with Gasteiger partial charge in [-0.15, -0.1) is 0 Å². The van der Waals surface area contributed by atoms with Crippen molar-refractivity contribution in [3.63, 3.8) is 0 Å². The molecule has 1 fully saturated rings. The Balaban J connectivity index is 2.04. The van der Waals surface area contributed by atoms with E-state index >= 15 is 0 Å². The molecule has 0 saturated heterocycles. The van der Waals surface area contributed by atoms with Gasteiger partial charge in [0.25, 0.3) is 0 Å². The summed E-state index contributed by atoms with van der Waals surface area (Å²) in [6, 6.07) is 5.97. The Hall–Kier alpha value is -1.49. The molecule has 0 unspecified atom stereocenters. The summed E-state index contributed by atoms with van der Waals surface area (Å²) in [6.07, 6.45) is 6.83. The zero-order chi connectivity index (χ0) is 14.7. The number of nitrogens with one attached hydrogen (secondary N) is 1. The minimum atomic E-state index is 0.562. The number of halogens is 1. The molecule has 2 aromatic rings. The van der Waals surface area contributed by atoms with Crippen LogP contribution in [-0.4, -0.2) is 21.5 Å². The number of nitrogens with zero attached hydrogens (tertiary/aromatic N) is 3. The van der Waals surface area contributed by atoms with Gasteiger partial charge in [0.2, 0.25) is 0 Å². The molecule has 0 bridgehead atoms. The van der Waals surface area contributed by atoms with Crippen molar-refractivity contribution in [2.75, 3.05) is 11.9 Å². The molecule has 3 rings (SSSR count). The monoisotopic (exact) mass is 346 g/mol. The van der Waals surface area contributed by atoms with Gasteiger partial charge in [-0.3, -0.25) is 4.98 Å². The Morgan fingerprint density at radius 3 is 2.81 bits per heavy atom. The highest BCUT2D eigenvalue weighted by molar-refractivity contribution is 9.10. The fourth-order valence-corrected chi connectivity index (χ4v) is 3.26. The third-order valence-corrected chi connectivity index (χ3v) is 4.49. The van der Waals surface area contributed by atoms with Gasteiger partial charge in [0, 0.05) is 34.9 Å². The van der Waals surface area contributed by atoms with Crippen LogP contribution < -0.4 is 5.32 Å². The molecule has 5 heteroatoms. The first-order valence-electron chi connectivity index (χ1n) is 7.51. The predicted molar refractivity (Wildman–Crippen MR) is 88.3 cm³/mol.